The van der Waals surface area contributed by atoms with E-state index in [0.717, 1.165) is 15.4 Å². The second-order valence-corrected chi connectivity index (χ2v) is 7.99. The maximum absolute atomic E-state index is 12.6. The Morgan fingerprint density at radius 2 is 2.00 bits per heavy atom. The van der Waals surface area contributed by atoms with Gasteiger partial charge in [-0.25, -0.2) is 4.98 Å². The third kappa shape index (κ3) is 5.33. The number of nitrogens with one attached hydrogen (secondary N) is 2. The van der Waals surface area contributed by atoms with E-state index in [9.17, 15) is 9.59 Å². The highest BCUT2D eigenvalue weighted by atomic mass is 32.1. The molecule has 0 aliphatic rings. The van der Waals surface area contributed by atoms with Crippen molar-refractivity contribution >= 4 is 39.6 Å². The smallest absolute Gasteiger partial charge is 0.257 e. The van der Waals surface area contributed by atoms with Gasteiger partial charge in [-0.2, -0.15) is 0 Å². The SMILES string of the molecule is CCOc1ccc(C(=O)Nc2nc(-c3ccc(CNC(C)=O)s3)cs2)cc1OC. The van der Waals surface area contributed by atoms with Crippen LogP contribution in [0.1, 0.15) is 29.1 Å². The Labute approximate surface area is 176 Å². The van der Waals surface area contributed by atoms with Crippen molar-refractivity contribution < 1.29 is 19.1 Å². The summed E-state index contributed by atoms with van der Waals surface area (Å²) in [6.07, 6.45) is 0. The van der Waals surface area contributed by atoms with Crippen molar-refractivity contribution in [1.29, 1.82) is 0 Å². The number of ether oxygens (including phenoxy) is 2. The molecule has 0 unspecified atom stereocenters. The Morgan fingerprint density at radius 1 is 1.17 bits per heavy atom. The fourth-order valence-electron chi connectivity index (χ4n) is 2.52. The summed E-state index contributed by atoms with van der Waals surface area (Å²) in [5.74, 6) is 0.759. The average molecular weight is 432 g/mol. The van der Waals surface area contributed by atoms with Gasteiger partial charge in [-0.3, -0.25) is 14.9 Å². The van der Waals surface area contributed by atoms with Crippen LogP contribution in [0.4, 0.5) is 5.13 Å². The highest BCUT2D eigenvalue weighted by molar-refractivity contribution is 7.17. The number of aromatic nitrogens is 1. The molecule has 0 aliphatic carbocycles. The van der Waals surface area contributed by atoms with Crippen LogP contribution in [0.2, 0.25) is 0 Å². The topological polar surface area (TPSA) is 89.5 Å². The minimum Gasteiger partial charge on any atom is -0.493 e. The number of benzene rings is 1. The third-order valence-corrected chi connectivity index (χ3v) is 5.74. The van der Waals surface area contributed by atoms with Crippen molar-refractivity contribution in [2.45, 2.75) is 20.4 Å². The lowest BCUT2D eigenvalue weighted by Crippen LogP contribution is -2.17. The highest BCUT2D eigenvalue weighted by Crippen LogP contribution is 2.32. The number of carbonyl (C=O) groups is 2. The Kier molecular flexibility index (Phi) is 6.84. The molecule has 3 rings (SSSR count). The average Bonchev–Trinajstić information content (AvgIpc) is 3.36. The molecule has 1 aromatic carbocycles. The minimum absolute atomic E-state index is 0.0653. The number of nitrogens with zero attached hydrogens (tertiary/aromatic N) is 1. The molecule has 0 spiro atoms. The van der Waals surface area contributed by atoms with E-state index < -0.39 is 0 Å². The van der Waals surface area contributed by atoms with E-state index in [1.807, 2.05) is 24.4 Å². The first-order valence-corrected chi connectivity index (χ1v) is 10.6. The number of hydrogen-bond donors (Lipinski definition) is 2. The zero-order valence-corrected chi connectivity index (χ0v) is 17.9. The number of anilines is 1. The summed E-state index contributed by atoms with van der Waals surface area (Å²) in [5.41, 5.74) is 1.24. The fourth-order valence-corrected chi connectivity index (χ4v) is 4.21. The van der Waals surface area contributed by atoms with Gasteiger partial charge >= 0.3 is 0 Å². The van der Waals surface area contributed by atoms with Gasteiger partial charge in [-0.15, -0.1) is 22.7 Å². The zero-order valence-electron chi connectivity index (χ0n) is 16.3. The van der Waals surface area contributed by atoms with Gasteiger partial charge < -0.3 is 14.8 Å². The largest absolute Gasteiger partial charge is 0.493 e. The standard InChI is InChI=1S/C20H21N3O4S2/c1-4-27-16-7-5-13(9-17(16)26-3)19(25)23-20-22-15(11-28-20)18-8-6-14(29-18)10-21-12(2)24/h5-9,11H,4,10H2,1-3H3,(H,21,24)(H,22,23,25). The predicted molar refractivity (Wildman–Crippen MR) is 115 cm³/mol. The molecule has 0 radical (unpaired) electrons. The van der Waals surface area contributed by atoms with E-state index in [1.54, 1.807) is 29.5 Å². The molecule has 0 saturated heterocycles. The number of thiophene rings is 1. The van der Waals surface area contributed by atoms with Crippen LogP contribution in [0.25, 0.3) is 10.6 Å². The Bertz CT molecular complexity index is 1010. The number of carbonyl (C=O) groups excluding carboxylic acids is 2. The molecule has 29 heavy (non-hydrogen) atoms. The molecular formula is C20H21N3O4S2. The van der Waals surface area contributed by atoms with Crippen LogP contribution in [0.3, 0.4) is 0 Å². The number of methoxy groups -OCH3 is 1. The summed E-state index contributed by atoms with van der Waals surface area (Å²) in [6.45, 7) is 4.38. The fraction of sp³-hybridized carbons (Fsp3) is 0.250. The van der Waals surface area contributed by atoms with Crippen LogP contribution < -0.4 is 20.1 Å². The minimum atomic E-state index is -0.273. The third-order valence-electron chi connectivity index (χ3n) is 3.88. The van der Waals surface area contributed by atoms with E-state index in [1.165, 1.54) is 25.4 Å². The molecular weight excluding hydrogens is 410 g/mol. The molecule has 7 nitrogen and oxygen atoms in total. The van der Waals surface area contributed by atoms with E-state index in [4.69, 9.17) is 9.47 Å². The van der Waals surface area contributed by atoms with Crippen molar-refractivity contribution in [3.05, 3.63) is 46.2 Å². The Hall–Kier alpha value is -2.91. The predicted octanol–water partition coefficient (Wildman–Crippen LogP) is 4.17. The van der Waals surface area contributed by atoms with E-state index in [2.05, 4.69) is 15.6 Å². The molecule has 0 saturated carbocycles. The second kappa shape index (κ2) is 9.53. The van der Waals surface area contributed by atoms with Gasteiger partial charge in [-0.05, 0) is 37.3 Å². The molecule has 2 aromatic heterocycles. The van der Waals surface area contributed by atoms with Gasteiger partial charge in [0.1, 0.15) is 0 Å². The van der Waals surface area contributed by atoms with Crippen LogP contribution in [-0.4, -0.2) is 30.5 Å². The van der Waals surface area contributed by atoms with Crippen molar-refractivity contribution in [2.24, 2.45) is 0 Å². The normalized spacial score (nSPS) is 10.4. The van der Waals surface area contributed by atoms with Gasteiger partial charge in [0.15, 0.2) is 16.6 Å². The quantitative estimate of drug-likeness (QED) is 0.559. The molecule has 0 atom stereocenters. The summed E-state index contributed by atoms with van der Waals surface area (Å²) in [6, 6.07) is 8.96. The number of thiazole rings is 1. The molecule has 152 valence electrons. The van der Waals surface area contributed by atoms with Crippen LogP contribution in [0.5, 0.6) is 11.5 Å². The number of hydrogen-bond acceptors (Lipinski definition) is 7. The van der Waals surface area contributed by atoms with Crippen LogP contribution in [0.15, 0.2) is 35.7 Å². The van der Waals surface area contributed by atoms with Gasteiger partial charge in [-0.1, -0.05) is 0 Å². The molecule has 2 amide bonds. The molecule has 0 bridgehead atoms. The summed E-state index contributed by atoms with van der Waals surface area (Å²) < 4.78 is 10.8. The van der Waals surface area contributed by atoms with Crippen molar-refractivity contribution in [3.63, 3.8) is 0 Å². The van der Waals surface area contributed by atoms with Crippen molar-refractivity contribution in [3.8, 4) is 22.1 Å². The first kappa shape index (κ1) is 20.8. The van der Waals surface area contributed by atoms with Gasteiger partial charge in [0.2, 0.25) is 5.91 Å². The van der Waals surface area contributed by atoms with E-state index >= 15 is 0 Å². The summed E-state index contributed by atoms with van der Waals surface area (Å²) >= 11 is 2.91. The monoisotopic (exact) mass is 431 g/mol. The second-order valence-electron chi connectivity index (χ2n) is 5.97. The van der Waals surface area contributed by atoms with Gasteiger partial charge in [0.25, 0.3) is 5.91 Å². The molecule has 9 heteroatoms. The Morgan fingerprint density at radius 3 is 2.72 bits per heavy atom. The lowest BCUT2D eigenvalue weighted by molar-refractivity contribution is -0.119. The lowest BCUT2D eigenvalue weighted by atomic mass is 10.2. The molecule has 2 heterocycles. The van der Waals surface area contributed by atoms with Crippen molar-refractivity contribution in [2.75, 3.05) is 19.0 Å². The molecule has 0 fully saturated rings. The molecule has 2 N–H and O–H groups in total. The van der Waals surface area contributed by atoms with Gasteiger partial charge in [0, 0.05) is 22.7 Å². The van der Waals surface area contributed by atoms with Crippen LogP contribution in [0, 0.1) is 0 Å². The Balaban J connectivity index is 1.68. The van der Waals surface area contributed by atoms with Crippen LogP contribution in [-0.2, 0) is 11.3 Å². The number of rotatable bonds is 8. The maximum atomic E-state index is 12.6. The molecule has 3 aromatic rings. The highest BCUT2D eigenvalue weighted by Gasteiger charge is 2.14. The lowest BCUT2D eigenvalue weighted by Gasteiger charge is -2.10. The summed E-state index contributed by atoms with van der Waals surface area (Å²) in [7, 11) is 1.54. The first-order chi connectivity index (χ1) is 14.0. The number of amides is 2. The van der Waals surface area contributed by atoms with E-state index in [-0.39, 0.29) is 11.8 Å². The maximum Gasteiger partial charge on any atom is 0.257 e. The zero-order chi connectivity index (χ0) is 20.8. The summed E-state index contributed by atoms with van der Waals surface area (Å²) in [5, 5.41) is 7.99. The first-order valence-electron chi connectivity index (χ1n) is 8.91. The van der Waals surface area contributed by atoms with E-state index in [0.29, 0.717) is 35.3 Å². The molecule has 0 aliphatic heterocycles. The van der Waals surface area contributed by atoms with Crippen molar-refractivity contribution in [1.82, 2.24) is 10.3 Å². The van der Waals surface area contributed by atoms with Crippen LogP contribution >= 0.6 is 22.7 Å². The van der Waals surface area contributed by atoms with Gasteiger partial charge in [0.05, 0.1) is 30.8 Å². The summed E-state index contributed by atoms with van der Waals surface area (Å²) in [4.78, 5) is 30.1.